The van der Waals surface area contributed by atoms with Gasteiger partial charge in [-0.05, 0) is 46.9 Å². The van der Waals surface area contributed by atoms with E-state index in [1.807, 2.05) is 31.2 Å². The number of alkyl carbamates (subject to hydrolysis) is 1. The average molecular weight is 463 g/mol. The van der Waals surface area contributed by atoms with Crippen molar-refractivity contribution in [1.82, 2.24) is 10.2 Å². The molecule has 0 bridgehead atoms. The lowest BCUT2D eigenvalue weighted by Crippen LogP contribution is -2.41. The number of hydrogen-bond donors (Lipinski definition) is 2. The van der Waals surface area contributed by atoms with Crippen molar-refractivity contribution in [2.75, 3.05) is 26.2 Å². The van der Waals surface area contributed by atoms with Gasteiger partial charge in [0.25, 0.3) is 0 Å². The van der Waals surface area contributed by atoms with E-state index < -0.39 is 12.1 Å². The number of fused-ring (bicyclic) bond motifs is 4. The summed E-state index contributed by atoms with van der Waals surface area (Å²) < 4.78 is 5.55. The van der Waals surface area contributed by atoms with Crippen molar-refractivity contribution < 1.29 is 24.2 Å². The molecule has 34 heavy (non-hydrogen) atoms. The zero-order valence-electron chi connectivity index (χ0n) is 19.3. The second kappa shape index (κ2) is 9.12. The molecule has 2 N–H and O–H groups in total. The van der Waals surface area contributed by atoms with Crippen LogP contribution in [-0.2, 0) is 14.3 Å². The quantitative estimate of drug-likeness (QED) is 0.654. The van der Waals surface area contributed by atoms with Gasteiger partial charge in [-0.25, -0.2) is 4.79 Å². The number of aliphatic carboxylic acids is 1. The van der Waals surface area contributed by atoms with E-state index in [1.54, 1.807) is 4.90 Å². The molecular formula is C27H30N2O5. The number of carboxylic acid groups (broad SMARTS) is 1. The number of hydrogen-bond acceptors (Lipinski definition) is 4. The van der Waals surface area contributed by atoms with Crippen LogP contribution in [0.2, 0.25) is 0 Å². The molecule has 2 aromatic carbocycles. The molecule has 3 aliphatic rings. The highest BCUT2D eigenvalue weighted by atomic mass is 16.5. The lowest BCUT2D eigenvalue weighted by molar-refractivity contribution is -0.139. The molecule has 2 aliphatic carbocycles. The van der Waals surface area contributed by atoms with Crippen molar-refractivity contribution >= 4 is 18.0 Å². The maximum atomic E-state index is 12.8. The Morgan fingerprint density at radius 3 is 2.35 bits per heavy atom. The topological polar surface area (TPSA) is 95.9 Å². The molecule has 2 fully saturated rings. The van der Waals surface area contributed by atoms with Crippen LogP contribution in [0.5, 0.6) is 0 Å². The van der Waals surface area contributed by atoms with E-state index in [9.17, 15) is 19.5 Å². The van der Waals surface area contributed by atoms with E-state index in [-0.39, 0.29) is 42.1 Å². The first kappa shape index (κ1) is 22.4. The fourth-order valence-electron chi connectivity index (χ4n) is 5.78. The highest BCUT2D eigenvalue weighted by Crippen LogP contribution is 2.51. The van der Waals surface area contributed by atoms with Crippen molar-refractivity contribution in [3.8, 4) is 11.1 Å². The van der Waals surface area contributed by atoms with Gasteiger partial charge in [0.1, 0.15) is 6.61 Å². The van der Waals surface area contributed by atoms with Crippen molar-refractivity contribution in [2.45, 2.75) is 25.7 Å². The standard InChI is InChI=1S/C27H30N2O5/c1-16(25(30)29-13-11-21-22(14-29)24(21)26(31)32)10-12-28-27(33)34-15-23-19-8-4-2-6-17(19)18-7-3-5-9-20(18)23/h2-9,16,21-24H,10-15H2,1H3,(H,28,33)(H,31,32). The number of nitrogens with one attached hydrogen (secondary N) is 1. The Kier molecular flexibility index (Phi) is 6.02. The summed E-state index contributed by atoms with van der Waals surface area (Å²) in [5.41, 5.74) is 4.70. The Balaban J connectivity index is 1.08. The molecule has 0 spiro atoms. The van der Waals surface area contributed by atoms with Crippen molar-refractivity contribution in [2.24, 2.45) is 23.7 Å². The second-order valence-corrected chi connectivity index (χ2v) is 9.71. The summed E-state index contributed by atoms with van der Waals surface area (Å²) in [6.45, 7) is 3.62. The van der Waals surface area contributed by atoms with Gasteiger partial charge in [0, 0.05) is 31.5 Å². The van der Waals surface area contributed by atoms with Gasteiger partial charge < -0.3 is 20.1 Å². The van der Waals surface area contributed by atoms with Crippen LogP contribution in [0.25, 0.3) is 11.1 Å². The lowest BCUT2D eigenvalue weighted by Gasteiger charge is -2.28. The van der Waals surface area contributed by atoms with Gasteiger partial charge >= 0.3 is 12.1 Å². The number of amides is 2. The highest BCUT2D eigenvalue weighted by molar-refractivity contribution is 5.80. The molecule has 0 radical (unpaired) electrons. The third-order valence-electron chi connectivity index (χ3n) is 7.70. The summed E-state index contributed by atoms with van der Waals surface area (Å²) in [7, 11) is 0. The highest BCUT2D eigenvalue weighted by Gasteiger charge is 2.57. The van der Waals surface area contributed by atoms with Crippen LogP contribution in [0.3, 0.4) is 0 Å². The third kappa shape index (κ3) is 4.15. The first-order chi connectivity index (χ1) is 16.5. The molecule has 7 nitrogen and oxygen atoms in total. The van der Waals surface area contributed by atoms with Gasteiger partial charge in [-0.1, -0.05) is 55.5 Å². The number of carboxylic acids is 1. The van der Waals surface area contributed by atoms with E-state index in [0.717, 1.165) is 6.42 Å². The van der Waals surface area contributed by atoms with E-state index >= 15 is 0 Å². The van der Waals surface area contributed by atoms with E-state index in [0.29, 0.717) is 26.1 Å². The number of rotatable bonds is 7. The minimum atomic E-state index is -0.746. The number of ether oxygens (including phenoxy) is 1. The predicted molar refractivity (Wildman–Crippen MR) is 126 cm³/mol. The summed E-state index contributed by atoms with van der Waals surface area (Å²) in [5, 5.41) is 12.0. The SMILES string of the molecule is CC(CCNC(=O)OCC1c2ccccc2-c2ccccc21)C(=O)N1CCC2C(C1)C2C(=O)O. The Bertz CT molecular complexity index is 1070. The molecular weight excluding hydrogens is 432 g/mol. The van der Waals surface area contributed by atoms with Gasteiger partial charge in [0.05, 0.1) is 5.92 Å². The first-order valence-electron chi connectivity index (χ1n) is 12.1. The summed E-state index contributed by atoms with van der Waals surface area (Å²) in [5.74, 6) is -0.906. The van der Waals surface area contributed by atoms with Gasteiger partial charge in [-0.3, -0.25) is 9.59 Å². The summed E-state index contributed by atoms with van der Waals surface area (Å²) in [6, 6.07) is 16.4. The number of likely N-dealkylation sites (tertiary alicyclic amines) is 1. The van der Waals surface area contributed by atoms with Crippen molar-refractivity contribution in [1.29, 1.82) is 0 Å². The van der Waals surface area contributed by atoms with Crippen LogP contribution in [0, 0.1) is 23.7 Å². The van der Waals surface area contributed by atoms with E-state index in [1.165, 1.54) is 22.3 Å². The minimum absolute atomic E-state index is 0.0126. The zero-order valence-corrected chi connectivity index (χ0v) is 19.3. The number of carbonyl (C=O) groups excluding carboxylic acids is 2. The maximum absolute atomic E-state index is 12.8. The number of nitrogens with zero attached hydrogens (tertiary/aromatic N) is 1. The number of piperidine rings is 1. The van der Waals surface area contributed by atoms with Gasteiger partial charge in [-0.2, -0.15) is 0 Å². The van der Waals surface area contributed by atoms with Crippen LogP contribution < -0.4 is 5.32 Å². The van der Waals surface area contributed by atoms with Crippen molar-refractivity contribution in [3.63, 3.8) is 0 Å². The number of carbonyl (C=O) groups is 3. The molecule has 5 rings (SSSR count). The molecule has 7 heteroatoms. The van der Waals surface area contributed by atoms with Gasteiger partial charge in [0.2, 0.25) is 5.91 Å². The average Bonchev–Trinajstić information content (AvgIpc) is 3.49. The molecule has 4 unspecified atom stereocenters. The summed E-state index contributed by atoms with van der Waals surface area (Å²) >= 11 is 0. The summed E-state index contributed by atoms with van der Waals surface area (Å²) in [6.07, 6.45) is 0.790. The second-order valence-electron chi connectivity index (χ2n) is 9.71. The molecule has 1 saturated carbocycles. The van der Waals surface area contributed by atoms with Gasteiger partial charge in [0.15, 0.2) is 0 Å². The summed E-state index contributed by atoms with van der Waals surface area (Å²) in [4.78, 5) is 38.2. The zero-order chi connectivity index (χ0) is 23.8. The van der Waals surface area contributed by atoms with Crippen LogP contribution >= 0.6 is 0 Å². The Morgan fingerprint density at radius 2 is 1.71 bits per heavy atom. The Hall–Kier alpha value is -3.35. The van der Waals surface area contributed by atoms with E-state index in [2.05, 4.69) is 29.6 Å². The third-order valence-corrected chi connectivity index (χ3v) is 7.70. The molecule has 2 aromatic rings. The Morgan fingerprint density at radius 1 is 1.06 bits per heavy atom. The Labute approximate surface area is 199 Å². The molecule has 4 atom stereocenters. The van der Waals surface area contributed by atoms with Crippen LogP contribution in [0.1, 0.15) is 36.8 Å². The molecule has 2 amide bonds. The number of benzene rings is 2. The minimum Gasteiger partial charge on any atom is -0.481 e. The van der Waals surface area contributed by atoms with Crippen molar-refractivity contribution in [3.05, 3.63) is 59.7 Å². The van der Waals surface area contributed by atoms with Crippen LogP contribution in [-0.4, -0.2) is 54.2 Å². The molecule has 178 valence electrons. The fraction of sp³-hybridized carbons (Fsp3) is 0.444. The molecule has 0 aromatic heterocycles. The van der Waals surface area contributed by atoms with E-state index in [4.69, 9.17) is 4.74 Å². The lowest BCUT2D eigenvalue weighted by atomic mass is 9.98. The molecule has 1 heterocycles. The fourth-order valence-corrected chi connectivity index (χ4v) is 5.78. The normalized spacial score (nSPS) is 23.3. The maximum Gasteiger partial charge on any atom is 0.407 e. The molecule has 1 aliphatic heterocycles. The monoisotopic (exact) mass is 462 g/mol. The largest absolute Gasteiger partial charge is 0.481 e. The van der Waals surface area contributed by atoms with Gasteiger partial charge in [-0.15, -0.1) is 0 Å². The predicted octanol–water partition coefficient (Wildman–Crippen LogP) is 3.73. The smallest absolute Gasteiger partial charge is 0.407 e. The molecule has 1 saturated heterocycles. The van der Waals surface area contributed by atoms with Crippen LogP contribution in [0.4, 0.5) is 4.79 Å². The first-order valence-corrected chi connectivity index (χ1v) is 12.1. The van der Waals surface area contributed by atoms with Crippen LogP contribution in [0.15, 0.2) is 48.5 Å².